The molecule has 0 aromatic carbocycles. The number of hydrogen-bond acceptors (Lipinski definition) is 6. The lowest BCUT2D eigenvalue weighted by atomic mass is 10.2. The smallest absolute Gasteiger partial charge is 0.134 e. The fourth-order valence-electron chi connectivity index (χ4n) is 2.18. The van der Waals surface area contributed by atoms with Crippen molar-refractivity contribution in [3.63, 3.8) is 0 Å². The molecule has 0 saturated carbocycles. The molecule has 2 rings (SSSR count). The molecule has 1 aliphatic heterocycles. The molecule has 2 atom stereocenters. The molecule has 1 aromatic heterocycles. The van der Waals surface area contributed by atoms with Gasteiger partial charge in [-0.3, -0.25) is 0 Å². The molecule has 100 valence electrons. The largest absolute Gasteiger partial charge is 0.394 e. The molecule has 0 amide bonds. The van der Waals surface area contributed by atoms with Crippen LogP contribution in [0.3, 0.4) is 0 Å². The van der Waals surface area contributed by atoms with E-state index in [0.29, 0.717) is 12.4 Å². The van der Waals surface area contributed by atoms with E-state index in [1.807, 2.05) is 6.07 Å². The lowest BCUT2D eigenvalue weighted by molar-refractivity contribution is 0.208. The quantitative estimate of drug-likeness (QED) is 0.696. The van der Waals surface area contributed by atoms with Gasteiger partial charge in [-0.2, -0.15) is 0 Å². The van der Waals surface area contributed by atoms with Gasteiger partial charge in [-0.15, -0.1) is 0 Å². The number of hydrogen-bond donors (Lipinski definition) is 3. The third-order valence-electron chi connectivity index (χ3n) is 3.11. The van der Waals surface area contributed by atoms with E-state index in [4.69, 9.17) is 0 Å². The van der Waals surface area contributed by atoms with Crippen molar-refractivity contribution in [3.8, 4) is 0 Å². The van der Waals surface area contributed by atoms with E-state index in [0.717, 1.165) is 25.2 Å². The summed E-state index contributed by atoms with van der Waals surface area (Å²) in [6.07, 6.45) is 3.16. The third-order valence-corrected chi connectivity index (χ3v) is 3.11. The first kappa shape index (κ1) is 13.0. The topological polar surface area (TPSA) is 81.5 Å². The summed E-state index contributed by atoms with van der Waals surface area (Å²) in [5, 5.41) is 21.6. The molecular formula is C12H20N4O2. The molecule has 1 saturated heterocycles. The maximum atomic E-state index is 9.31. The SMILES string of the molecule is C[C@H](O)CNc1cc(N2CCC[C@H]2CO)ncn1. The van der Waals surface area contributed by atoms with Gasteiger partial charge in [0.25, 0.3) is 0 Å². The van der Waals surface area contributed by atoms with Crippen LogP contribution in [0.5, 0.6) is 0 Å². The van der Waals surface area contributed by atoms with Crippen molar-refractivity contribution in [1.82, 2.24) is 9.97 Å². The van der Waals surface area contributed by atoms with Gasteiger partial charge in [-0.25, -0.2) is 9.97 Å². The van der Waals surface area contributed by atoms with Crippen LogP contribution in [0.2, 0.25) is 0 Å². The number of nitrogens with zero attached hydrogens (tertiary/aromatic N) is 3. The van der Waals surface area contributed by atoms with Gasteiger partial charge in [0.2, 0.25) is 0 Å². The van der Waals surface area contributed by atoms with Crippen molar-refractivity contribution in [3.05, 3.63) is 12.4 Å². The number of nitrogens with one attached hydrogen (secondary N) is 1. The highest BCUT2D eigenvalue weighted by Crippen LogP contribution is 2.24. The summed E-state index contributed by atoms with van der Waals surface area (Å²) in [5.74, 6) is 1.53. The van der Waals surface area contributed by atoms with Gasteiger partial charge in [0, 0.05) is 19.2 Å². The summed E-state index contributed by atoms with van der Waals surface area (Å²) in [5.41, 5.74) is 0. The second kappa shape index (κ2) is 5.97. The van der Waals surface area contributed by atoms with Crippen molar-refractivity contribution >= 4 is 11.6 Å². The molecular weight excluding hydrogens is 232 g/mol. The molecule has 3 N–H and O–H groups in total. The van der Waals surface area contributed by atoms with E-state index in [1.54, 1.807) is 6.92 Å². The standard InChI is InChI=1S/C12H20N4O2/c1-9(18)6-13-11-5-12(15-8-14-11)16-4-2-3-10(16)7-17/h5,8-10,17-18H,2-4,6-7H2,1H3,(H,13,14,15)/t9-,10-/m0/s1. The first-order chi connectivity index (χ1) is 8.70. The van der Waals surface area contributed by atoms with E-state index >= 15 is 0 Å². The fourth-order valence-corrected chi connectivity index (χ4v) is 2.18. The van der Waals surface area contributed by atoms with Crippen molar-refractivity contribution in [2.24, 2.45) is 0 Å². The second-order valence-corrected chi connectivity index (χ2v) is 4.66. The van der Waals surface area contributed by atoms with Crippen molar-refractivity contribution in [2.45, 2.75) is 31.9 Å². The minimum Gasteiger partial charge on any atom is -0.394 e. The van der Waals surface area contributed by atoms with Crippen LogP contribution in [0.1, 0.15) is 19.8 Å². The van der Waals surface area contributed by atoms with Crippen LogP contribution in [-0.4, -0.2) is 52.0 Å². The van der Waals surface area contributed by atoms with E-state index in [-0.39, 0.29) is 12.6 Å². The van der Waals surface area contributed by atoms with Crippen LogP contribution in [-0.2, 0) is 0 Å². The minimum absolute atomic E-state index is 0.153. The van der Waals surface area contributed by atoms with Crippen LogP contribution in [0.4, 0.5) is 11.6 Å². The maximum Gasteiger partial charge on any atom is 0.134 e. The lowest BCUT2D eigenvalue weighted by Gasteiger charge is -2.24. The number of anilines is 2. The lowest BCUT2D eigenvalue weighted by Crippen LogP contribution is -2.32. The van der Waals surface area contributed by atoms with E-state index < -0.39 is 6.10 Å². The van der Waals surface area contributed by atoms with Crippen LogP contribution >= 0.6 is 0 Å². The molecule has 1 aliphatic rings. The van der Waals surface area contributed by atoms with Crippen LogP contribution < -0.4 is 10.2 Å². The molecule has 18 heavy (non-hydrogen) atoms. The van der Waals surface area contributed by atoms with Crippen molar-refractivity contribution in [1.29, 1.82) is 0 Å². The second-order valence-electron chi connectivity index (χ2n) is 4.66. The Morgan fingerprint density at radius 2 is 2.39 bits per heavy atom. The van der Waals surface area contributed by atoms with Crippen molar-refractivity contribution in [2.75, 3.05) is 29.9 Å². The molecule has 0 bridgehead atoms. The summed E-state index contributed by atoms with van der Waals surface area (Å²) < 4.78 is 0. The maximum absolute atomic E-state index is 9.31. The zero-order valence-electron chi connectivity index (χ0n) is 10.6. The van der Waals surface area contributed by atoms with Gasteiger partial charge in [0.1, 0.15) is 18.0 Å². The monoisotopic (exact) mass is 252 g/mol. The Morgan fingerprint density at radius 3 is 3.11 bits per heavy atom. The predicted octanol–water partition coefficient (Wildman–Crippen LogP) is 0.230. The van der Waals surface area contributed by atoms with E-state index in [1.165, 1.54) is 6.33 Å². The Labute approximate surface area is 107 Å². The number of rotatable bonds is 5. The summed E-state index contributed by atoms with van der Waals surface area (Å²) in [6, 6.07) is 2.01. The zero-order valence-corrected chi connectivity index (χ0v) is 10.6. The Hall–Kier alpha value is -1.40. The summed E-state index contributed by atoms with van der Waals surface area (Å²) in [4.78, 5) is 10.5. The molecule has 2 heterocycles. The third kappa shape index (κ3) is 3.08. The first-order valence-corrected chi connectivity index (χ1v) is 6.32. The highest BCUT2D eigenvalue weighted by molar-refractivity contribution is 5.49. The number of aliphatic hydroxyl groups excluding tert-OH is 2. The predicted molar refractivity (Wildman–Crippen MR) is 69.7 cm³/mol. The summed E-state index contributed by atoms with van der Waals surface area (Å²) in [7, 11) is 0. The van der Waals surface area contributed by atoms with E-state index in [9.17, 15) is 10.2 Å². The molecule has 1 aromatic rings. The Balaban J connectivity index is 2.06. The molecule has 1 fully saturated rings. The van der Waals surface area contributed by atoms with Crippen LogP contribution in [0.15, 0.2) is 12.4 Å². The minimum atomic E-state index is -0.416. The summed E-state index contributed by atoms with van der Waals surface area (Å²) in [6.45, 7) is 3.25. The Morgan fingerprint density at radius 1 is 1.56 bits per heavy atom. The molecule has 6 nitrogen and oxygen atoms in total. The fraction of sp³-hybridized carbons (Fsp3) is 0.667. The molecule has 0 aliphatic carbocycles. The van der Waals surface area contributed by atoms with Gasteiger partial charge >= 0.3 is 0 Å². The highest BCUT2D eigenvalue weighted by atomic mass is 16.3. The molecule has 0 unspecified atom stereocenters. The average Bonchev–Trinajstić information content (AvgIpc) is 2.85. The van der Waals surface area contributed by atoms with Gasteiger partial charge in [-0.05, 0) is 19.8 Å². The zero-order chi connectivity index (χ0) is 13.0. The van der Waals surface area contributed by atoms with E-state index in [2.05, 4.69) is 20.2 Å². The normalized spacial score (nSPS) is 21.1. The molecule has 0 radical (unpaired) electrons. The number of aliphatic hydroxyl groups is 2. The van der Waals surface area contributed by atoms with Crippen LogP contribution in [0, 0.1) is 0 Å². The molecule has 6 heteroatoms. The van der Waals surface area contributed by atoms with Gasteiger partial charge in [0.05, 0.1) is 18.8 Å². The van der Waals surface area contributed by atoms with Gasteiger partial charge < -0.3 is 20.4 Å². The average molecular weight is 252 g/mol. The summed E-state index contributed by atoms with van der Waals surface area (Å²) >= 11 is 0. The van der Waals surface area contributed by atoms with Gasteiger partial charge in [0.15, 0.2) is 0 Å². The Kier molecular flexibility index (Phi) is 4.33. The van der Waals surface area contributed by atoms with Gasteiger partial charge in [-0.1, -0.05) is 0 Å². The molecule has 0 spiro atoms. The van der Waals surface area contributed by atoms with Crippen LogP contribution in [0.25, 0.3) is 0 Å². The first-order valence-electron chi connectivity index (χ1n) is 6.32. The highest BCUT2D eigenvalue weighted by Gasteiger charge is 2.25. The number of aromatic nitrogens is 2. The Bertz CT molecular complexity index is 386. The van der Waals surface area contributed by atoms with Crippen molar-refractivity contribution < 1.29 is 10.2 Å².